The van der Waals surface area contributed by atoms with Crippen LogP contribution >= 0.6 is 11.6 Å². The molecule has 0 aliphatic carbocycles. The average Bonchev–Trinajstić information content (AvgIpc) is 3.46. The highest BCUT2D eigenvalue weighted by Crippen LogP contribution is 2.33. The fourth-order valence-electron chi connectivity index (χ4n) is 3.70. The third-order valence-corrected chi connectivity index (χ3v) is 5.73. The number of halogens is 1. The molecule has 32 heavy (non-hydrogen) atoms. The predicted octanol–water partition coefficient (Wildman–Crippen LogP) is 4.28. The summed E-state index contributed by atoms with van der Waals surface area (Å²) in [6.45, 7) is 2.58. The Hall–Kier alpha value is -3.23. The highest BCUT2D eigenvalue weighted by Gasteiger charge is 2.16. The minimum Gasteiger partial charge on any atom is -0.497 e. The van der Waals surface area contributed by atoms with E-state index in [4.69, 9.17) is 16.3 Å². The number of aryl methyl sites for hydroxylation is 1. The molecular formula is C23H25ClN6O2. The van der Waals surface area contributed by atoms with Gasteiger partial charge in [0.15, 0.2) is 5.15 Å². The predicted molar refractivity (Wildman–Crippen MR) is 122 cm³/mol. The number of hydrogen-bond donors (Lipinski definition) is 2. The van der Waals surface area contributed by atoms with Crippen LogP contribution in [0, 0.1) is 0 Å². The molecule has 0 unspecified atom stereocenters. The number of benzene rings is 2. The summed E-state index contributed by atoms with van der Waals surface area (Å²) >= 11 is 6.27. The van der Waals surface area contributed by atoms with Crippen LogP contribution in [0.3, 0.4) is 0 Å². The zero-order chi connectivity index (χ0) is 22.5. The van der Waals surface area contributed by atoms with Crippen LogP contribution in [0.1, 0.15) is 36.8 Å². The average molecular weight is 453 g/mol. The van der Waals surface area contributed by atoms with E-state index in [-0.39, 0.29) is 6.61 Å². The van der Waals surface area contributed by atoms with Crippen molar-refractivity contribution in [1.29, 1.82) is 0 Å². The number of aromatic nitrogens is 6. The fourth-order valence-corrected chi connectivity index (χ4v) is 3.96. The van der Waals surface area contributed by atoms with Crippen LogP contribution in [0.25, 0.3) is 22.5 Å². The van der Waals surface area contributed by atoms with Gasteiger partial charge in [-0.25, -0.2) is 4.98 Å². The van der Waals surface area contributed by atoms with E-state index in [1.165, 1.54) is 0 Å². The molecule has 4 aromatic rings. The maximum atomic E-state index is 9.80. The van der Waals surface area contributed by atoms with Gasteiger partial charge in [0, 0.05) is 18.5 Å². The van der Waals surface area contributed by atoms with Gasteiger partial charge in [-0.15, -0.1) is 10.2 Å². The summed E-state index contributed by atoms with van der Waals surface area (Å²) in [4.78, 5) is 4.47. The molecule has 0 saturated carbocycles. The maximum Gasteiger partial charge on any atom is 0.205 e. The number of nitrogens with one attached hydrogen (secondary N) is 1. The lowest BCUT2D eigenvalue weighted by atomic mass is 9.98. The van der Waals surface area contributed by atoms with Crippen LogP contribution in [0.4, 0.5) is 0 Å². The second kappa shape index (κ2) is 9.93. The Morgan fingerprint density at radius 2 is 1.94 bits per heavy atom. The summed E-state index contributed by atoms with van der Waals surface area (Å²) in [5, 5.41) is 24.6. The first kappa shape index (κ1) is 22.0. The van der Waals surface area contributed by atoms with E-state index in [2.05, 4.69) is 56.8 Å². The molecule has 0 saturated heterocycles. The molecule has 0 spiro atoms. The molecule has 8 nitrogen and oxygen atoms in total. The number of aliphatic hydroxyl groups is 1. The van der Waals surface area contributed by atoms with Crippen LogP contribution in [0.2, 0.25) is 5.15 Å². The van der Waals surface area contributed by atoms with E-state index in [1.807, 2.05) is 22.8 Å². The summed E-state index contributed by atoms with van der Waals surface area (Å²) in [5.41, 5.74) is 4.54. The number of aromatic amines is 1. The fraction of sp³-hybridized carbons (Fsp3) is 0.304. The van der Waals surface area contributed by atoms with Crippen LogP contribution in [0.5, 0.6) is 5.75 Å². The van der Waals surface area contributed by atoms with Crippen molar-refractivity contribution in [2.45, 2.75) is 39.3 Å². The Morgan fingerprint density at radius 3 is 2.59 bits per heavy atom. The number of tetrazole rings is 1. The minimum absolute atomic E-state index is 0.145. The van der Waals surface area contributed by atoms with Crippen molar-refractivity contribution in [2.24, 2.45) is 0 Å². The van der Waals surface area contributed by atoms with Gasteiger partial charge >= 0.3 is 0 Å². The Morgan fingerprint density at radius 1 is 1.12 bits per heavy atom. The highest BCUT2D eigenvalue weighted by atomic mass is 35.5. The van der Waals surface area contributed by atoms with E-state index in [0.717, 1.165) is 53.1 Å². The smallest absolute Gasteiger partial charge is 0.205 e. The molecule has 0 aliphatic rings. The van der Waals surface area contributed by atoms with Gasteiger partial charge in [0.05, 0.1) is 19.4 Å². The SMILES string of the molecule is CCCCc1nc(Cl)c(CO)n1Cc1ccc(-c2cc(OC)ccc2-c2nn[nH]n2)cc1. The van der Waals surface area contributed by atoms with E-state index in [9.17, 15) is 5.11 Å². The third-order valence-electron chi connectivity index (χ3n) is 5.43. The minimum atomic E-state index is -0.145. The number of imidazole rings is 1. The largest absolute Gasteiger partial charge is 0.497 e. The molecule has 166 valence electrons. The van der Waals surface area contributed by atoms with E-state index >= 15 is 0 Å². The lowest BCUT2D eigenvalue weighted by molar-refractivity contribution is 0.271. The summed E-state index contributed by atoms with van der Waals surface area (Å²) in [5.74, 6) is 2.17. The zero-order valence-corrected chi connectivity index (χ0v) is 18.8. The van der Waals surface area contributed by atoms with Gasteiger partial charge < -0.3 is 14.4 Å². The molecular weight excluding hydrogens is 428 g/mol. The number of unbranched alkanes of at least 4 members (excludes halogenated alkanes) is 1. The molecule has 9 heteroatoms. The lowest BCUT2D eigenvalue weighted by Gasteiger charge is -2.13. The first-order chi connectivity index (χ1) is 15.6. The standard InChI is InChI=1S/C23H25ClN6O2/c1-3-4-5-21-25-22(24)20(14-31)30(21)13-15-6-8-16(9-7-15)19-12-17(32-2)10-11-18(19)23-26-28-29-27-23/h6-12,31H,3-5,13-14H2,1-2H3,(H,26,27,28,29). The molecule has 2 heterocycles. The quantitative estimate of drug-likeness (QED) is 0.393. The summed E-state index contributed by atoms with van der Waals surface area (Å²) in [6, 6.07) is 14.0. The normalized spacial score (nSPS) is 11.1. The number of methoxy groups -OCH3 is 1. The number of rotatable bonds is 9. The van der Waals surface area contributed by atoms with Crippen molar-refractivity contribution in [3.05, 3.63) is 64.7 Å². The maximum absolute atomic E-state index is 9.80. The van der Waals surface area contributed by atoms with Crippen LogP contribution < -0.4 is 4.74 Å². The van der Waals surface area contributed by atoms with Crippen LogP contribution in [0.15, 0.2) is 42.5 Å². The summed E-state index contributed by atoms with van der Waals surface area (Å²) in [6.07, 6.45) is 2.91. The molecule has 2 aromatic carbocycles. The molecule has 0 bridgehead atoms. The molecule has 4 rings (SSSR count). The van der Waals surface area contributed by atoms with Crippen molar-refractivity contribution in [3.8, 4) is 28.3 Å². The lowest BCUT2D eigenvalue weighted by Crippen LogP contribution is -2.09. The number of ether oxygens (including phenoxy) is 1. The van der Waals surface area contributed by atoms with Crippen molar-refractivity contribution in [2.75, 3.05) is 7.11 Å². The first-order valence-corrected chi connectivity index (χ1v) is 10.9. The van der Waals surface area contributed by atoms with Crippen LogP contribution in [-0.4, -0.2) is 42.4 Å². The molecule has 2 aromatic heterocycles. The van der Waals surface area contributed by atoms with Crippen molar-refractivity contribution in [3.63, 3.8) is 0 Å². The topological polar surface area (TPSA) is 102 Å². The Kier molecular flexibility index (Phi) is 6.82. The monoisotopic (exact) mass is 452 g/mol. The van der Waals surface area contributed by atoms with E-state index in [0.29, 0.717) is 23.2 Å². The van der Waals surface area contributed by atoms with Crippen molar-refractivity contribution < 1.29 is 9.84 Å². The highest BCUT2D eigenvalue weighted by molar-refractivity contribution is 6.30. The second-order valence-corrected chi connectivity index (χ2v) is 7.82. The van der Waals surface area contributed by atoms with E-state index in [1.54, 1.807) is 7.11 Å². The van der Waals surface area contributed by atoms with Gasteiger partial charge in [-0.1, -0.05) is 49.2 Å². The zero-order valence-electron chi connectivity index (χ0n) is 18.0. The summed E-state index contributed by atoms with van der Waals surface area (Å²) in [7, 11) is 1.64. The number of hydrogen-bond acceptors (Lipinski definition) is 6. The molecule has 0 fully saturated rings. The van der Waals surface area contributed by atoms with Crippen molar-refractivity contribution in [1.82, 2.24) is 30.2 Å². The first-order valence-electron chi connectivity index (χ1n) is 10.5. The number of H-pyrrole nitrogens is 1. The van der Waals surface area contributed by atoms with Gasteiger partial charge in [0.1, 0.15) is 11.6 Å². The Labute approximate surface area is 191 Å². The number of aliphatic hydroxyl groups excluding tert-OH is 1. The van der Waals surface area contributed by atoms with Crippen molar-refractivity contribution >= 4 is 11.6 Å². The molecule has 0 aliphatic heterocycles. The van der Waals surface area contributed by atoms with Crippen LogP contribution in [-0.2, 0) is 19.6 Å². The van der Waals surface area contributed by atoms with Gasteiger partial charge in [0.2, 0.25) is 5.82 Å². The Balaban J connectivity index is 1.66. The molecule has 0 radical (unpaired) electrons. The molecule has 0 amide bonds. The third kappa shape index (κ3) is 4.51. The Bertz CT molecular complexity index is 1170. The number of nitrogens with zero attached hydrogens (tertiary/aromatic N) is 5. The van der Waals surface area contributed by atoms with Gasteiger partial charge in [-0.05, 0) is 46.5 Å². The second-order valence-electron chi connectivity index (χ2n) is 7.46. The summed E-state index contributed by atoms with van der Waals surface area (Å²) < 4.78 is 7.43. The molecule has 0 atom stereocenters. The van der Waals surface area contributed by atoms with E-state index < -0.39 is 0 Å². The van der Waals surface area contributed by atoms with Gasteiger partial charge in [-0.3, -0.25) is 0 Å². The molecule has 2 N–H and O–H groups in total. The van der Waals surface area contributed by atoms with Gasteiger partial charge in [0.25, 0.3) is 0 Å². The van der Waals surface area contributed by atoms with Gasteiger partial charge in [-0.2, -0.15) is 5.21 Å².